The van der Waals surface area contributed by atoms with E-state index < -0.39 is 0 Å². The minimum atomic E-state index is -0.369. The topological polar surface area (TPSA) is 73.9 Å². The van der Waals surface area contributed by atoms with Gasteiger partial charge in [-0.1, -0.05) is 28.9 Å². The molecule has 0 N–H and O–H groups in total. The Balaban J connectivity index is 1.50. The lowest BCUT2D eigenvalue weighted by molar-refractivity contribution is 0.235. The second kappa shape index (κ2) is 7.74. The van der Waals surface area contributed by atoms with Crippen LogP contribution < -0.4 is 4.74 Å². The molecule has 2 heterocycles. The number of hydrogen-bond acceptors (Lipinski definition) is 6. The first-order valence-electron chi connectivity index (χ1n) is 8.40. The van der Waals surface area contributed by atoms with Gasteiger partial charge in [0.1, 0.15) is 5.82 Å². The summed E-state index contributed by atoms with van der Waals surface area (Å²) in [6, 6.07) is 14.9. The number of aryl methyl sites for hydroxylation is 1. The first kappa shape index (κ1) is 18.1. The van der Waals surface area contributed by atoms with Gasteiger partial charge in [0.25, 0.3) is 5.89 Å². The summed E-state index contributed by atoms with van der Waals surface area (Å²) in [6.07, 6.45) is 0. The zero-order valence-electron chi connectivity index (χ0n) is 14.8. The molecule has 28 heavy (non-hydrogen) atoms. The maximum Gasteiger partial charge on any atom is 0.264 e. The van der Waals surface area contributed by atoms with E-state index in [1.165, 1.54) is 12.1 Å². The smallest absolute Gasteiger partial charge is 0.264 e. The number of benzene rings is 2. The van der Waals surface area contributed by atoms with E-state index in [9.17, 15) is 4.39 Å². The highest BCUT2D eigenvalue weighted by Gasteiger charge is 2.11. The predicted octanol–water partition coefficient (Wildman–Crippen LogP) is 4.87. The zero-order valence-corrected chi connectivity index (χ0v) is 15.5. The Kier molecular flexibility index (Phi) is 4.99. The van der Waals surface area contributed by atoms with E-state index in [0.29, 0.717) is 28.1 Å². The summed E-state index contributed by atoms with van der Waals surface area (Å²) in [5.74, 6) is 1.08. The number of hydrogen-bond donors (Lipinski definition) is 0. The summed E-state index contributed by atoms with van der Waals surface area (Å²) >= 11 is 5.92. The molecule has 0 aliphatic heterocycles. The van der Waals surface area contributed by atoms with Crippen LogP contribution in [0.5, 0.6) is 5.88 Å². The van der Waals surface area contributed by atoms with Crippen molar-refractivity contribution in [2.75, 3.05) is 0 Å². The van der Waals surface area contributed by atoms with Gasteiger partial charge < -0.3 is 9.26 Å². The lowest BCUT2D eigenvalue weighted by Crippen LogP contribution is -2.01. The van der Waals surface area contributed by atoms with Crippen molar-refractivity contribution in [2.45, 2.75) is 13.5 Å². The van der Waals surface area contributed by atoms with Crippen molar-refractivity contribution in [3.63, 3.8) is 0 Å². The molecule has 0 atom stereocenters. The maximum atomic E-state index is 13.3. The minimum absolute atomic E-state index is 0.0266. The van der Waals surface area contributed by atoms with Crippen LogP contribution in [0.15, 0.2) is 59.1 Å². The van der Waals surface area contributed by atoms with Crippen LogP contribution >= 0.6 is 11.6 Å². The van der Waals surface area contributed by atoms with Gasteiger partial charge in [-0.2, -0.15) is 9.97 Å². The number of aromatic nitrogens is 4. The Labute approximate surface area is 165 Å². The molecular formula is C20H14ClFN4O2. The van der Waals surface area contributed by atoms with Crippen LogP contribution in [0.4, 0.5) is 4.39 Å². The van der Waals surface area contributed by atoms with E-state index in [0.717, 1.165) is 11.3 Å². The van der Waals surface area contributed by atoms with Crippen molar-refractivity contribution in [3.8, 4) is 28.7 Å². The summed E-state index contributed by atoms with van der Waals surface area (Å²) in [5.41, 5.74) is 2.10. The van der Waals surface area contributed by atoms with Crippen molar-refractivity contribution in [1.29, 1.82) is 0 Å². The number of rotatable bonds is 5. The highest BCUT2D eigenvalue weighted by Crippen LogP contribution is 2.22. The Morgan fingerprint density at radius 1 is 0.964 bits per heavy atom. The molecule has 0 saturated heterocycles. The SMILES string of the molecule is Cc1cc(OCc2nc(-c3cccc(F)c3)no2)nc(-c2ccc(Cl)cc2)n1. The summed E-state index contributed by atoms with van der Waals surface area (Å²) < 4.78 is 24.2. The quantitative estimate of drug-likeness (QED) is 0.479. The molecule has 0 amide bonds. The van der Waals surface area contributed by atoms with E-state index in [1.807, 2.05) is 19.1 Å². The Morgan fingerprint density at radius 2 is 1.79 bits per heavy atom. The Morgan fingerprint density at radius 3 is 2.57 bits per heavy atom. The molecule has 0 bridgehead atoms. The van der Waals surface area contributed by atoms with Gasteiger partial charge in [0, 0.05) is 27.9 Å². The van der Waals surface area contributed by atoms with Crippen LogP contribution in [0.1, 0.15) is 11.6 Å². The molecule has 8 heteroatoms. The van der Waals surface area contributed by atoms with Gasteiger partial charge in [-0.05, 0) is 43.3 Å². The Bertz CT molecular complexity index is 1120. The van der Waals surface area contributed by atoms with Crippen molar-refractivity contribution in [1.82, 2.24) is 20.1 Å². The molecule has 0 fully saturated rings. The average Bonchev–Trinajstić information content (AvgIpc) is 3.16. The molecule has 6 nitrogen and oxygen atoms in total. The lowest BCUT2D eigenvalue weighted by Gasteiger charge is -2.06. The summed E-state index contributed by atoms with van der Waals surface area (Å²) in [7, 11) is 0. The van der Waals surface area contributed by atoms with Gasteiger partial charge in [-0.15, -0.1) is 0 Å². The van der Waals surface area contributed by atoms with Crippen molar-refractivity contribution >= 4 is 11.6 Å². The standard InChI is InChI=1S/C20H14ClFN4O2/c1-12-9-17(24-19(23-12)13-5-7-15(21)8-6-13)27-11-18-25-20(26-28-18)14-3-2-4-16(22)10-14/h2-10H,11H2,1H3. The molecule has 2 aromatic carbocycles. The van der Waals surface area contributed by atoms with E-state index in [-0.39, 0.29) is 18.3 Å². The van der Waals surface area contributed by atoms with Crippen molar-refractivity contribution in [3.05, 3.63) is 77.0 Å². The van der Waals surface area contributed by atoms with Crippen LogP contribution in [0.25, 0.3) is 22.8 Å². The first-order chi connectivity index (χ1) is 13.6. The molecule has 2 aromatic heterocycles. The van der Waals surface area contributed by atoms with Crippen LogP contribution in [-0.2, 0) is 6.61 Å². The summed E-state index contributed by atoms with van der Waals surface area (Å²) in [5, 5.41) is 4.49. The fourth-order valence-corrected chi connectivity index (χ4v) is 2.66. The van der Waals surface area contributed by atoms with Crippen LogP contribution in [0, 0.1) is 12.7 Å². The molecule has 0 saturated carbocycles. The highest BCUT2D eigenvalue weighted by atomic mass is 35.5. The fourth-order valence-electron chi connectivity index (χ4n) is 2.54. The fraction of sp³-hybridized carbons (Fsp3) is 0.100. The molecule has 0 aliphatic carbocycles. The molecule has 0 spiro atoms. The summed E-state index contributed by atoms with van der Waals surface area (Å²) in [4.78, 5) is 13.1. The van der Waals surface area contributed by atoms with Gasteiger partial charge in [0.05, 0.1) is 0 Å². The lowest BCUT2D eigenvalue weighted by atomic mass is 10.2. The predicted molar refractivity (Wildman–Crippen MR) is 101 cm³/mol. The normalized spacial score (nSPS) is 10.8. The van der Waals surface area contributed by atoms with Gasteiger partial charge in [0.15, 0.2) is 12.4 Å². The monoisotopic (exact) mass is 396 g/mol. The van der Waals surface area contributed by atoms with E-state index >= 15 is 0 Å². The second-order valence-corrected chi connectivity index (χ2v) is 6.43. The van der Waals surface area contributed by atoms with Crippen molar-refractivity contribution < 1.29 is 13.7 Å². The van der Waals surface area contributed by atoms with E-state index in [4.69, 9.17) is 20.9 Å². The van der Waals surface area contributed by atoms with Crippen LogP contribution in [0.3, 0.4) is 0 Å². The first-order valence-corrected chi connectivity index (χ1v) is 8.77. The minimum Gasteiger partial charge on any atom is -0.467 e. The van der Waals surface area contributed by atoms with E-state index in [2.05, 4.69) is 20.1 Å². The number of ether oxygens (including phenoxy) is 1. The van der Waals surface area contributed by atoms with Gasteiger partial charge >= 0.3 is 0 Å². The molecule has 4 rings (SSSR count). The highest BCUT2D eigenvalue weighted by molar-refractivity contribution is 6.30. The van der Waals surface area contributed by atoms with Gasteiger partial charge in [-0.25, -0.2) is 9.37 Å². The maximum absolute atomic E-state index is 13.3. The molecule has 4 aromatic rings. The van der Waals surface area contributed by atoms with E-state index in [1.54, 1.807) is 30.3 Å². The van der Waals surface area contributed by atoms with Gasteiger partial charge in [-0.3, -0.25) is 0 Å². The van der Waals surface area contributed by atoms with Crippen LogP contribution in [0.2, 0.25) is 5.02 Å². The Hall–Kier alpha value is -3.32. The molecule has 0 unspecified atom stereocenters. The largest absolute Gasteiger partial charge is 0.467 e. The summed E-state index contributed by atoms with van der Waals surface area (Å²) in [6.45, 7) is 1.88. The molecule has 0 aliphatic rings. The average molecular weight is 397 g/mol. The van der Waals surface area contributed by atoms with Crippen molar-refractivity contribution in [2.24, 2.45) is 0 Å². The molecule has 0 radical (unpaired) electrons. The number of halogens is 2. The third-order valence-corrected chi connectivity index (χ3v) is 4.08. The third-order valence-electron chi connectivity index (χ3n) is 3.83. The van der Waals surface area contributed by atoms with Crippen LogP contribution in [-0.4, -0.2) is 20.1 Å². The number of nitrogens with zero attached hydrogens (tertiary/aromatic N) is 4. The second-order valence-electron chi connectivity index (χ2n) is 5.99. The zero-order chi connectivity index (χ0) is 19.5. The molecule has 140 valence electrons. The molecular weight excluding hydrogens is 383 g/mol. The van der Waals surface area contributed by atoms with Gasteiger partial charge in [0.2, 0.25) is 11.7 Å². The third kappa shape index (κ3) is 4.15.